The molecule has 0 saturated heterocycles. The predicted molar refractivity (Wildman–Crippen MR) is 111 cm³/mol. The molecular formula is C21H22N2OS2. The molecule has 134 valence electrons. The van der Waals surface area contributed by atoms with Gasteiger partial charge in [-0.05, 0) is 36.8 Å². The smallest absolute Gasteiger partial charge is 0.220 e. The maximum atomic E-state index is 12.0. The van der Waals surface area contributed by atoms with Gasteiger partial charge in [-0.25, -0.2) is 4.98 Å². The molecule has 3 rings (SSSR count). The molecule has 1 aromatic heterocycles. The van der Waals surface area contributed by atoms with Crippen molar-refractivity contribution in [1.82, 2.24) is 10.3 Å². The number of aryl methyl sites for hydroxylation is 1. The normalized spacial score (nSPS) is 10.7. The summed E-state index contributed by atoms with van der Waals surface area (Å²) >= 11 is 3.45. The average molecular weight is 383 g/mol. The summed E-state index contributed by atoms with van der Waals surface area (Å²) in [5.41, 5.74) is 3.23. The summed E-state index contributed by atoms with van der Waals surface area (Å²) in [5.74, 6) is 1.07. The average Bonchev–Trinajstić information content (AvgIpc) is 3.11. The molecule has 26 heavy (non-hydrogen) atoms. The number of benzene rings is 2. The van der Waals surface area contributed by atoms with Gasteiger partial charge in [0.05, 0.1) is 10.7 Å². The highest BCUT2D eigenvalue weighted by molar-refractivity contribution is 7.99. The zero-order chi connectivity index (χ0) is 18.2. The first-order valence-electron chi connectivity index (χ1n) is 8.67. The highest BCUT2D eigenvalue weighted by atomic mass is 32.2. The third-order valence-electron chi connectivity index (χ3n) is 3.92. The zero-order valence-corrected chi connectivity index (χ0v) is 16.4. The summed E-state index contributed by atoms with van der Waals surface area (Å²) in [7, 11) is 0. The van der Waals surface area contributed by atoms with Crippen molar-refractivity contribution < 1.29 is 4.79 Å². The molecule has 0 spiro atoms. The lowest BCUT2D eigenvalue weighted by Gasteiger charge is -2.06. The van der Waals surface area contributed by atoms with E-state index in [1.165, 1.54) is 4.90 Å². The highest BCUT2D eigenvalue weighted by Crippen LogP contribution is 2.22. The van der Waals surface area contributed by atoms with Gasteiger partial charge in [0, 0.05) is 28.8 Å². The van der Waals surface area contributed by atoms with Crippen molar-refractivity contribution in [2.75, 3.05) is 5.75 Å². The van der Waals surface area contributed by atoms with E-state index in [9.17, 15) is 4.79 Å². The summed E-state index contributed by atoms with van der Waals surface area (Å²) in [6, 6.07) is 18.5. The first-order chi connectivity index (χ1) is 12.7. The van der Waals surface area contributed by atoms with Crippen LogP contribution in [0.5, 0.6) is 0 Å². The summed E-state index contributed by atoms with van der Waals surface area (Å²) in [6.07, 6.45) is 1.45. The van der Waals surface area contributed by atoms with Crippen LogP contribution in [0.4, 0.5) is 0 Å². The second-order valence-electron chi connectivity index (χ2n) is 5.99. The number of thiazole rings is 1. The summed E-state index contributed by atoms with van der Waals surface area (Å²) < 4.78 is 0. The minimum Gasteiger partial charge on any atom is -0.352 e. The first kappa shape index (κ1) is 18.7. The molecule has 0 atom stereocenters. The van der Waals surface area contributed by atoms with Crippen LogP contribution in [0.15, 0.2) is 64.9 Å². The van der Waals surface area contributed by atoms with Gasteiger partial charge in [-0.15, -0.1) is 23.1 Å². The van der Waals surface area contributed by atoms with Crippen LogP contribution >= 0.6 is 23.1 Å². The van der Waals surface area contributed by atoms with E-state index in [0.717, 1.165) is 34.0 Å². The predicted octanol–water partition coefficient (Wildman–Crippen LogP) is 5.31. The SMILES string of the molecule is Cc1nc(-c2ccc(CNC(=O)CCCSc3ccccc3)cc2)cs1. The van der Waals surface area contributed by atoms with Crippen molar-refractivity contribution >= 4 is 29.0 Å². The number of carbonyl (C=O) groups is 1. The van der Waals surface area contributed by atoms with E-state index < -0.39 is 0 Å². The van der Waals surface area contributed by atoms with Crippen LogP contribution in [-0.4, -0.2) is 16.6 Å². The number of carbonyl (C=O) groups excluding carboxylic acids is 1. The first-order valence-corrected chi connectivity index (χ1v) is 10.5. The quantitative estimate of drug-likeness (QED) is 0.424. The highest BCUT2D eigenvalue weighted by Gasteiger charge is 2.04. The number of rotatable bonds is 8. The lowest BCUT2D eigenvalue weighted by molar-refractivity contribution is -0.121. The van der Waals surface area contributed by atoms with E-state index >= 15 is 0 Å². The molecule has 0 radical (unpaired) electrons. The van der Waals surface area contributed by atoms with Gasteiger partial charge in [0.2, 0.25) is 5.91 Å². The number of nitrogens with zero attached hydrogens (tertiary/aromatic N) is 1. The summed E-state index contributed by atoms with van der Waals surface area (Å²) in [6.45, 7) is 2.58. The third kappa shape index (κ3) is 5.71. The van der Waals surface area contributed by atoms with Crippen molar-refractivity contribution in [3.63, 3.8) is 0 Å². The van der Waals surface area contributed by atoms with Crippen LogP contribution in [0, 0.1) is 6.92 Å². The van der Waals surface area contributed by atoms with Gasteiger partial charge >= 0.3 is 0 Å². The summed E-state index contributed by atoms with van der Waals surface area (Å²) in [4.78, 5) is 17.7. The van der Waals surface area contributed by atoms with Crippen LogP contribution in [0.25, 0.3) is 11.3 Å². The molecule has 0 saturated carbocycles. The number of amides is 1. The Morgan fingerprint density at radius 1 is 1.12 bits per heavy atom. The number of nitrogens with one attached hydrogen (secondary N) is 1. The molecule has 0 fully saturated rings. The Morgan fingerprint density at radius 2 is 1.88 bits per heavy atom. The minimum atomic E-state index is 0.109. The Morgan fingerprint density at radius 3 is 2.58 bits per heavy atom. The maximum Gasteiger partial charge on any atom is 0.220 e. The Bertz CT molecular complexity index is 829. The molecule has 5 heteroatoms. The molecule has 1 N–H and O–H groups in total. The Balaban J connectivity index is 1.37. The summed E-state index contributed by atoms with van der Waals surface area (Å²) in [5, 5.41) is 6.14. The van der Waals surface area contributed by atoms with Gasteiger partial charge in [-0.3, -0.25) is 4.79 Å². The molecule has 0 aliphatic heterocycles. The van der Waals surface area contributed by atoms with Gasteiger partial charge < -0.3 is 5.32 Å². The van der Waals surface area contributed by atoms with Crippen LogP contribution in [0.3, 0.4) is 0 Å². The van der Waals surface area contributed by atoms with Crippen LogP contribution in [0.1, 0.15) is 23.4 Å². The molecular weight excluding hydrogens is 360 g/mol. The second-order valence-corrected chi connectivity index (χ2v) is 8.22. The fourth-order valence-corrected chi connectivity index (χ4v) is 4.01. The maximum absolute atomic E-state index is 12.0. The fraction of sp³-hybridized carbons (Fsp3) is 0.238. The molecule has 1 heterocycles. The molecule has 0 aliphatic carbocycles. The van der Waals surface area contributed by atoms with Gasteiger partial charge in [-0.1, -0.05) is 42.5 Å². The van der Waals surface area contributed by atoms with E-state index in [1.807, 2.05) is 25.1 Å². The molecule has 3 aromatic rings. The standard InChI is InChI=1S/C21H22N2OS2/c1-16-23-20(15-26-16)18-11-9-17(10-12-18)14-22-21(24)8-5-13-25-19-6-3-2-4-7-19/h2-4,6-7,9-12,15H,5,8,13-14H2,1H3,(H,22,24). The minimum absolute atomic E-state index is 0.109. The number of hydrogen-bond donors (Lipinski definition) is 1. The molecule has 0 bridgehead atoms. The topological polar surface area (TPSA) is 42.0 Å². The molecule has 1 amide bonds. The Hall–Kier alpha value is -2.11. The number of hydrogen-bond acceptors (Lipinski definition) is 4. The van der Waals surface area contributed by atoms with E-state index in [0.29, 0.717) is 13.0 Å². The van der Waals surface area contributed by atoms with E-state index in [2.05, 4.69) is 52.1 Å². The van der Waals surface area contributed by atoms with Gasteiger partial charge in [-0.2, -0.15) is 0 Å². The van der Waals surface area contributed by atoms with Crippen LogP contribution in [0.2, 0.25) is 0 Å². The van der Waals surface area contributed by atoms with Crippen molar-refractivity contribution in [2.45, 2.75) is 31.2 Å². The largest absolute Gasteiger partial charge is 0.352 e. The second kappa shape index (κ2) is 9.55. The van der Waals surface area contributed by atoms with E-state index in [1.54, 1.807) is 23.1 Å². The monoisotopic (exact) mass is 382 g/mol. The molecule has 0 unspecified atom stereocenters. The Kier molecular flexibility index (Phi) is 6.86. The van der Waals surface area contributed by atoms with Gasteiger partial charge in [0.1, 0.15) is 0 Å². The third-order valence-corrected chi connectivity index (χ3v) is 5.79. The van der Waals surface area contributed by atoms with Crippen LogP contribution in [-0.2, 0) is 11.3 Å². The fourth-order valence-electron chi connectivity index (χ4n) is 2.52. The number of aromatic nitrogens is 1. The van der Waals surface area contributed by atoms with Crippen molar-refractivity contribution in [3.05, 3.63) is 70.5 Å². The zero-order valence-electron chi connectivity index (χ0n) is 14.8. The lowest BCUT2D eigenvalue weighted by Crippen LogP contribution is -2.22. The lowest BCUT2D eigenvalue weighted by atomic mass is 10.1. The molecule has 2 aromatic carbocycles. The van der Waals surface area contributed by atoms with E-state index in [4.69, 9.17) is 0 Å². The van der Waals surface area contributed by atoms with Crippen LogP contribution < -0.4 is 5.32 Å². The number of thioether (sulfide) groups is 1. The van der Waals surface area contributed by atoms with Gasteiger partial charge in [0.25, 0.3) is 0 Å². The van der Waals surface area contributed by atoms with E-state index in [-0.39, 0.29) is 5.91 Å². The molecule has 3 nitrogen and oxygen atoms in total. The van der Waals surface area contributed by atoms with Gasteiger partial charge in [0.15, 0.2) is 0 Å². The van der Waals surface area contributed by atoms with Crippen molar-refractivity contribution in [3.8, 4) is 11.3 Å². The van der Waals surface area contributed by atoms with Crippen molar-refractivity contribution in [2.24, 2.45) is 0 Å². The molecule has 0 aliphatic rings. The van der Waals surface area contributed by atoms with Crippen molar-refractivity contribution in [1.29, 1.82) is 0 Å². The Labute approximate surface area is 162 Å².